The summed E-state index contributed by atoms with van der Waals surface area (Å²) in [5.74, 6) is 0. The van der Waals surface area contributed by atoms with Crippen LogP contribution >= 0.6 is 0 Å². The second kappa shape index (κ2) is 11.5. The quantitative estimate of drug-likeness (QED) is 0.125. The molecule has 0 amide bonds. The summed E-state index contributed by atoms with van der Waals surface area (Å²) in [6, 6.07) is 39.1. The molecule has 0 spiro atoms. The van der Waals surface area contributed by atoms with Crippen LogP contribution in [0.5, 0.6) is 0 Å². The molecule has 2 heteroatoms. The summed E-state index contributed by atoms with van der Waals surface area (Å²) in [6.07, 6.45) is 9.43. The van der Waals surface area contributed by atoms with Gasteiger partial charge in [0.15, 0.2) is 0 Å². The molecule has 2 N–H and O–H groups in total. The molecule has 0 radical (unpaired) electrons. The molecule has 6 aromatic rings. The average molecular weight is 539 g/mol. The first-order chi connectivity index (χ1) is 20.7. The zero-order chi connectivity index (χ0) is 29.1. The minimum Gasteiger partial charge on any atom is -0.405 e. The standard InChI is InChI=1S/C40H30N2/c1-3-29-10-9-15-34(33(29)4-2)40-37-13-7-5-11-35(37)39(36-12-6-8-14-38(36)40)32-21-20-30-24-27(18-19-31(30)25-32)16-17-28(26-42)22-23-41/h3-15,17-25H,1-2,16,41H2/b23-22-,28-17+. The van der Waals surface area contributed by atoms with Gasteiger partial charge >= 0.3 is 0 Å². The number of hydrogen-bond donors (Lipinski definition) is 1. The molecule has 0 saturated heterocycles. The van der Waals surface area contributed by atoms with Crippen molar-refractivity contribution in [2.45, 2.75) is 6.42 Å². The van der Waals surface area contributed by atoms with E-state index < -0.39 is 0 Å². The molecule has 6 rings (SSSR count). The van der Waals surface area contributed by atoms with Crippen LogP contribution in [0.2, 0.25) is 0 Å². The second-order valence-corrected chi connectivity index (χ2v) is 10.3. The van der Waals surface area contributed by atoms with Gasteiger partial charge in [-0.3, -0.25) is 0 Å². The molecule has 42 heavy (non-hydrogen) atoms. The maximum absolute atomic E-state index is 9.29. The fourth-order valence-corrected chi connectivity index (χ4v) is 6.00. The molecule has 0 aliphatic heterocycles. The molecule has 0 fully saturated rings. The number of hydrogen-bond acceptors (Lipinski definition) is 2. The van der Waals surface area contributed by atoms with Crippen molar-refractivity contribution in [2.75, 3.05) is 0 Å². The molecule has 0 atom stereocenters. The van der Waals surface area contributed by atoms with Crippen LogP contribution in [0.15, 0.2) is 140 Å². The van der Waals surface area contributed by atoms with Crippen LogP contribution in [-0.4, -0.2) is 0 Å². The summed E-state index contributed by atoms with van der Waals surface area (Å²) in [6.45, 7) is 8.19. The van der Waals surface area contributed by atoms with Gasteiger partial charge in [-0.1, -0.05) is 128 Å². The van der Waals surface area contributed by atoms with Crippen LogP contribution in [0, 0.1) is 11.3 Å². The largest absolute Gasteiger partial charge is 0.405 e. The van der Waals surface area contributed by atoms with E-state index in [1.807, 2.05) is 18.2 Å². The number of benzene rings is 6. The molecule has 0 aliphatic carbocycles. The Kier molecular flexibility index (Phi) is 7.24. The number of allylic oxidation sites excluding steroid dienone is 3. The molecule has 0 saturated carbocycles. The van der Waals surface area contributed by atoms with Gasteiger partial charge in [0.05, 0.1) is 6.07 Å². The van der Waals surface area contributed by atoms with Gasteiger partial charge in [-0.25, -0.2) is 0 Å². The fourth-order valence-electron chi connectivity index (χ4n) is 6.00. The molecule has 0 aromatic heterocycles. The molecule has 0 aliphatic rings. The van der Waals surface area contributed by atoms with Crippen molar-refractivity contribution in [3.05, 3.63) is 157 Å². The van der Waals surface area contributed by atoms with Crippen molar-refractivity contribution in [3.8, 4) is 28.3 Å². The third-order valence-corrected chi connectivity index (χ3v) is 7.92. The SMILES string of the molecule is C=Cc1cccc(-c2c3ccccc3c(-c3ccc4cc(C/C=C(C#N)\C=C/N)ccc4c3)c3ccccc23)c1C=C. The highest BCUT2D eigenvalue weighted by atomic mass is 14.5. The van der Waals surface area contributed by atoms with Crippen LogP contribution in [0.3, 0.4) is 0 Å². The minimum atomic E-state index is 0.562. The lowest BCUT2D eigenvalue weighted by Crippen LogP contribution is -1.93. The van der Waals surface area contributed by atoms with E-state index in [4.69, 9.17) is 5.73 Å². The highest BCUT2D eigenvalue weighted by Crippen LogP contribution is 2.45. The van der Waals surface area contributed by atoms with E-state index in [-0.39, 0.29) is 0 Å². The second-order valence-electron chi connectivity index (χ2n) is 10.3. The summed E-state index contributed by atoms with van der Waals surface area (Å²) in [7, 11) is 0. The Labute approximate surface area is 246 Å². The van der Waals surface area contributed by atoms with E-state index in [1.165, 1.54) is 55.2 Å². The Bertz CT molecular complexity index is 2060. The van der Waals surface area contributed by atoms with Gasteiger partial charge in [-0.05, 0) is 96.0 Å². The predicted octanol–water partition coefficient (Wildman–Crippen LogP) is 10.2. The minimum absolute atomic E-state index is 0.562. The third kappa shape index (κ3) is 4.68. The fraction of sp³-hybridized carbons (Fsp3) is 0.0250. The van der Waals surface area contributed by atoms with Crippen molar-refractivity contribution in [2.24, 2.45) is 5.73 Å². The van der Waals surface area contributed by atoms with Crippen LogP contribution in [0.1, 0.15) is 16.7 Å². The Morgan fingerprint density at radius 3 is 1.98 bits per heavy atom. The normalized spacial score (nSPS) is 11.7. The molecular formula is C40H30N2. The van der Waals surface area contributed by atoms with Crippen LogP contribution in [0.25, 0.3) is 66.7 Å². The monoisotopic (exact) mass is 538 g/mol. The topological polar surface area (TPSA) is 49.8 Å². The maximum Gasteiger partial charge on any atom is 0.0988 e. The number of nitrogens with two attached hydrogens (primary N) is 1. The van der Waals surface area contributed by atoms with Gasteiger partial charge in [-0.15, -0.1) is 0 Å². The van der Waals surface area contributed by atoms with E-state index in [1.54, 1.807) is 6.08 Å². The summed E-state index contributed by atoms with van der Waals surface area (Å²) in [5.41, 5.74) is 14.1. The molecule has 0 bridgehead atoms. The number of rotatable bonds is 7. The molecule has 0 unspecified atom stereocenters. The van der Waals surface area contributed by atoms with E-state index in [2.05, 4.69) is 122 Å². The molecule has 0 heterocycles. The van der Waals surface area contributed by atoms with E-state index in [0.717, 1.165) is 22.3 Å². The van der Waals surface area contributed by atoms with E-state index in [0.29, 0.717) is 12.0 Å². The lowest BCUT2D eigenvalue weighted by Gasteiger charge is -2.20. The van der Waals surface area contributed by atoms with Crippen molar-refractivity contribution >= 4 is 44.5 Å². The Balaban J connectivity index is 1.56. The first-order valence-corrected chi connectivity index (χ1v) is 14.0. The van der Waals surface area contributed by atoms with Crippen molar-refractivity contribution in [1.29, 1.82) is 5.26 Å². The van der Waals surface area contributed by atoms with E-state index >= 15 is 0 Å². The zero-order valence-electron chi connectivity index (χ0n) is 23.3. The van der Waals surface area contributed by atoms with Gasteiger partial charge in [0, 0.05) is 5.57 Å². The van der Waals surface area contributed by atoms with E-state index in [9.17, 15) is 5.26 Å². The van der Waals surface area contributed by atoms with Crippen molar-refractivity contribution in [3.63, 3.8) is 0 Å². The van der Waals surface area contributed by atoms with Crippen molar-refractivity contribution in [1.82, 2.24) is 0 Å². The average Bonchev–Trinajstić information content (AvgIpc) is 3.04. The van der Waals surface area contributed by atoms with Gasteiger partial charge in [0.25, 0.3) is 0 Å². The van der Waals surface area contributed by atoms with Gasteiger partial charge in [-0.2, -0.15) is 5.26 Å². The zero-order valence-corrected chi connectivity index (χ0v) is 23.3. The predicted molar refractivity (Wildman–Crippen MR) is 181 cm³/mol. The summed E-state index contributed by atoms with van der Waals surface area (Å²) >= 11 is 0. The van der Waals surface area contributed by atoms with Crippen LogP contribution < -0.4 is 5.73 Å². The number of nitrogens with zero attached hydrogens (tertiary/aromatic N) is 1. The smallest absolute Gasteiger partial charge is 0.0988 e. The molecule has 2 nitrogen and oxygen atoms in total. The maximum atomic E-state index is 9.29. The van der Waals surface area contributed by atoms with Gasteiger partial charge in [0.1, 0.15) is 0 Å². The first-order valence-electron chi connectivity index (χ1n) is 14.0. The van der Waals surface area contributed by atoms with Crippen LogP contribution in [-0.2, 0) is 6.42 Å². The lowest BCUT2D eigenvalue weighted by molar-refractivity contribution is 1.26. The number of nitriles is 1. The molecular weight excluding hydrogens is 508 g/mol. The molecule has 6 aromatic carbocycles. The Hall–Kier alpha value is -5.65. The first kappa shape index (κ1) is 26.6. The summed E-state index contributed by atoms with van der Waals surface area (Å²) in [5, 5.41) is 16.5. The van der Waals surface area contributed by atoms with Gasteiger partial charge in [0.2, 0.25) is 0 Å². The number of fused-ring (bicyclic) bond motifs is 3. The van der Waals surface area contributed by atoms with Crippen LogP contribution in [0.4, 0.5) is 0 Å². The third-order valence-electron chi connectivity index (χ3n) is 7.92. The highest BCUT2D eigenvalue weighted by Gasteiger charge is 2.18. The molecule has 200 valence electrons. The lowest BCUT2D eigenvalue weighted by atomic mass is 9.83. The summed E-state index contributed by atoms with van der Waals surface area (Å²) in [4.78, 5) is 0. The Morgan fingerprint density at radius 2 is 1.36 bits per heavy atom. The van der Waals surface area contributed by atoms with Gasteiger partial charge < -0.3 is 5.73 Å². The summed E-state index contributed by atoms with van der Waals surface area (Å²) < 4.78 is 0. The Morgan fingerprint density at radius 1 is 0.714 bits per heavy atom. The van der Waals surface area contributed by atoms with Crippen molar-refractivity contribution < 1.29 is 0 Å². The highest BCUT2D eigenvalue weighted by molar-refractivity contribution is 6.22.